The second kappa shape index (κ2) is 6.83. The first kappa shape index (κ1) is 15.7. The summed E-state index contributed by atoms with van der Waals surface area (Å²) >= 11 is 1.56. The van der Waals surface area contributed by atoms with E-state index in [2.05, 4.69) is 0 Å². The van der Waals surface area contributed by atoms with Gasteiger partial charge < -0.3 is 10.5 Å². The van der Waals surface area contributed by atoms with Crippen LogP contribution in [0.15, 0.2) is 24.3 Å². The number of nitrogens with two attached hydrogens (primary N) is 1. The van der Waals surface area contributed by atoms with Gasteiger partial charge in [0.2, 0.25) is 0 Å². The normalized spacial score (nSPS) is 21.1. The van der Waals surface area contributed by atoms with Gasteiger partial charge in [-0.05, 0) is 24.5 Å². The maximum Gasteiger partial charge on any atom is 0.416 e. The number of ether oxygens (including phenoxy) is 1. The number of benzene rings is 1. The Balaban J connectivity index is 1.93. The van der Waals surface area contributed by atoms with E-state index in [1.165, 1.54) is 12.1 Å². The van der Waals surface area contributed by atoms with Gasteiger partial charge in [-0.2, -0.15) is 24.9 Å². The van der Waals surface area contributed by atoms with Crippen LogP contribution >= 0.6 is 11.8 Å². The van der Waals surface area contributed by atoms with Gasteiger partial charge in [0, 0.05) is 24.2 Å². The molecule has 0 radical (unpaired) electrons. The van der Waals surface area contributed by atoms with Gasteiger partial charge in [0.1, 0.15) is 0 Å². The molecular formula is C14H18F3NOS. The number of rotatable bonds is 5. The zero-order valence-electron chi connectivity index (χ0n) is 11.0. The van der Waals surface area contributed by atoms with Crippen LogP contribution in [0, 0.1) is 0 Å². The molecule has 6 heteroatoms. The number of alkyl halides is 3. The molecule has 2 N–H and O–H groups in total. The first-order valence-corrected chi connectivity index (χ1v) is 7.75. The van der Waals surface area contributed by atoms with Crippen molar-refractivity contribution in [2.24, 2.45) is 5.73 Å². The zero-order chi connectivity index (χ0) is 14.6. The van der Waals surface area contributed by atoms with Crippen molar-refractivity contribution in [1.82, 2.24) is 0 Å². The summed E-state index contributed by atoms with van der Waals surface area (Å²) in [5.74, 6) is 1.26. The molecule has 2 nitrogen and oxygen atoms in total. The Hall–Kier alpha value is -0.720. The highest BCUT2D eigenvalue weighted by Gasteiger charge is 2.34. The van der Waals surface area contributed by atoms with E-state index in [1.807, 2.05) is 0 Å². The van der Waals surface area contributed by atoms with E-state index in [0.717, 1.165) is 31.3 Å². The predicted octanol–water partition coefficient (Wildman–Crippen LogP) is 3.62. The van der Waals surface area contributed by atoms with E-state index in [0.29, 0.717) is 5.75 Å². The fourth-order valence-electron chi connectivity index (χ4n) is 2.27. The molecule has 1 fully saturated rings. The zero-order valence-corrected chi connectivity index (χ0v) is 11.8. The third-order valence-electron chi connectivity index (χ3n) is 3.29. The highest BCUT2D eigenvalue weighted by molar-refractivity contribution is 7.99. The summed E-state index contributed by atoms with van der Waals surface area (Å²) in [4.78, 5) is 0. The molecular weight excluding hydrogens is 287 g/mol. The third-order valence-corrected chi connectivity index (χ3v) is 4.49. The molecule has 0 bridgehead atoms. The third kappa shape index (κ3) is 4.14. The van der Waals surface area contributed by atoms with Crippen LogP contribution in [-0.4, -0.2) is 24.2 Å². The van der Waals surface area contributed by atoms with Crippen LogP contribution in [0.2, 0.25) is 0 Å². The minimum atomic E-state index is -4.35. The van der Waals surface area contributed by atoms with E-state index in [9.17, 15) is 13.2 Å². The molecule has 1 aliphatic rings. The van der Waals surface area contributed by atoms with Crippen LogP contribution < -0.4 is 5.73 Å². The highest BCUT2D eigenvalue weighted by atomic mass is 32.2. The van der Waals surface area contributed by atoms with Gasteiger partial charge in [0.15, 0.2) is 0 Å². The average Bonchev–Trinajstić information content (AvgIpc) is 2.91. The molecule has 1 aromatic rings. The second-order valence-corrected chi connectivity index (χ2v) is 5.94. The van der Waals surface area contributed by atoms with Gasteiger partial charge in [-0.3, -0.25) is 0 Å². The van der Waals surface area contributed by atoms with Crippen molar-refractivity contribution in [1.29, 1.82) is 0 Å². The van der Waals surface area contributed by atoms with Crippen molar-refractivity contribution in [2.45, 2.75) is 31.2 Å². The lowest BCUT2D eigenvalue weighted by molar-refractivity contribution is -0.138. The van der Waals surface area contributed by atoms with Crippen LogP contribution in [0.4, 0.5) is 13.2 Å². The van der Waals surface area contributed by atoms with Crippen LogP contribution in [0.25, 0.3) is 0 Å². The fourth-order valence-corrected chi connectivity index (χ4v) is 3.37. The van der Waals surface area contributed by atoms with Crippen molar-refractivity contribution in [3.63, 3.8) is 0 Å². The SMILES string of the molecule is NC(CSCC1CCCO1)c1ccccc1C(F)(F)F. The Morgan fingerprint density at radius 1 is 1.35 bits per heavy atom. The predicted molar refractivity (Wildman–Crippen MR) is 74.7 cm³/mol. The molecule has 2 rings (SSSR count). The van der Waals surface area contributed by atoms with Crippen LogP contribution in [0.1, 0.15) is 30.0 Å². The fraction of sp³-hybridized carbons (Fsp3) is 0.571. The van der Waals surface area contributed by atoms with Crippen LogP contribution in [-0.2, 0) is 10.9 Å². The van der Waals surface area contributed by atoms with Crippen molar-refractivity contribution >= 4 is 11.8 Å². The van der Waals surface area contributed by atoms with E-state index >= 15 is 0 Å². The highest BCUT2D eigenvalue weighted by Crippen LogP contribution is 2.34. The van der Waals surface area contributed by atoms with E-state index < -0.39 is 17.8 Å². The maximum absolute atomic E-state index is 12.9. The van der Waals surface area contributed by atoms with Gasteiger partial charge in [0.05, 0.1) is 11.7 Å². The lowest BCUT2D eigenvalue weighted by Gasteiger charge is -2.18. The van der Waals surface area contributed by atoms with Gasteiger partial charge in [0.25, 0.3) is 0 Å². The first-order chi connectivity index (χ1) is 9.48. The molecule has 2 unspecified atom stereocenters. The molecule has 1 saturated heterocycles. The van der Waals surface area contributed by atoms with Crippen molar-refractivity contribution in [3.8, 4) is 0 Å². The maximum atomic E-state index is 12.9. The van der Waals surface area contributed by atoms with Gasteiger partial charge in [-0.15, -0.1) is 0 Å². The summed E-state index contributed by atoms with van der Waals surface area (Å²) in [6.07, 6.45) is -2.03. The number of hydrogen-bond donors (Lipinski definition) is 1. The summed E-state index contributed by atoms with van der Waals surface area (Å²) in [6.45, 7) is 0.786. The molecule has 1 aliphatic heterocycles. The Morgan fingerprint density at radius 2 is 2.10 bits per heavy atom. The Morgan fingerprint density at radius 3 is 2.75 bits per heavy atom. The minimum absolute atomic E-state index is 0.167. The molecule has 0 amide bonds. The molecule has 0 saturated carbocycles. The summed E-state index contributed by atoms with van der Waals surface area (Å²) in [5, 5.41) is 0. The monoisotopic (exact) mass is 305 g/mol. The second-order valence-electron chi connectivity index (χ2n) is 4.86. The molecule has 1 heterocycles. The first-order valence-electron chi connectivity index (χ1n) is 6.59. The summed E-state index contributed by atoms with van der Waals surface area (Å²) in [6, 6.07) is 4.91. The number of thioether (sulfide) groups is 1. The molecule has 0 aliphatic carbocycles. The van der Waals surface area contributed by atoms with Crippen LogP contribution in [0.3, 0.4) is 0 Å². The average molecular weight is 305 g/mol. The molecule has 1 aromatic carbocycles. The molecule has 112 valence electrons. The van der Waals surface area contributed by atoms with Crippen molar-refractivity contribution in [2.75, 3.05) is 18.1 Å². The van der Waals surface area contributed by atoms with E-state index in [1.54, 1.807) is 17.8 Å². The van der Waals surface area contributed by atoms with Crippen LogP contribution in [0.5, 0.6) is 0 Å². The topological polar surface area (TPSA) is 35.2 Å². The number of hydrogen-bond acceptors (Lipinski definition) is 3. The summed E-state index contributed by atoms with van der Waals surface area (Å²) in [5.41, 5.74) is 5.45. The number of halogens is 3. The van der Waals surface area contributed by atoms with Gasteiger partial charge in [-0.1, -0.05) is 18.2 Å². The smallest absolute Gasteiger partial charge is 0.377 e. The molecule has 0 spiro atoms. The Kier molecular flexibility index (Phi) is 5.35. The Bertz CT molecular complexity index is 433. The van der Waals surface area contributed by atoms with E-state index in [-0.39, 0.29) is 11.7 Å². The van der Waals surface area contributed by atoms with E-state index in [4.69, 9.17) is 10.5 Å². The summed E-state index contributed by atoms with van der Waals surface area (Å²) in [7, 11) is 0. The van der Waals surface area contributed by atoms with Gasteiger partial charge >= 0.3 is 6.18 Å². The lowest BCUT2D eigenvalue weighted by Crippen LogP contribution is -2.20. The molecule has 0 aromatic heterocycles. The standard InChI is InChI=1S/C14H18F3NOS/c15-14(16,17)12-6-2-1-5-11(12)13(18)9-20-8-10-4-3-7-19-10/h1-2,5-6,10,13H,3-4,7-9,18H2. The molecule has 2 atom stereocenters. The van der Waals surface area contributed by atoms with Gasteiger partial charge in [-0.25, -0.2) is 0 Å². The van der Waals surface area contributed by atoms with Crippen molar-refractivity contribution in [3.05, 3.63) is 35.4 Å². The Labute approximate surface area is 120 Å². The lowest BCUT2D eigenvalue weighted by atomic mass is 10.0. The van der Waals surface area contributed by atoms with Crippen molar-refractivity contribution < 1.29 is 17.9 Å². The molecule has 20 heavy (non-hydrogen) atoms. The largest absolute Gasteiger partial charge is 0.416 e. The summed E-state index contributed by atoms with van der Waals surface area (Å²) < 4.78 is 44.2. The quantitative estimate of drug-likeness (QED) is 0.902. The minimum Gasteiger partial charge on any atom is -0.377 e.